The maximum Gasteiger partial charge on any atom is 0.228 e. The van der Waals surface area contributed by atoms with Crippen LogP contribution in [0.5, 0.6) is 0 Å². The summed E-state index contributed by atoms with van der Waals surface area (Å²) < 4.78 is 48.8. The molecule has 2 rings (SSSR count). The molecule has 1 heterocycles. The third-order valence-corrected chi connectivity index (χ3v) is 2.53. The van der Waals surface area contributed by atoms with E-state index in [1.807, 2.05) is 0 Å². The number of rotatable bonds is 5. The minimum Gasteiger partial charge on any atom is -0.383 e. The quantitative estimate of drug-likeness (QED) is 0.847. The number of hydrogen-bond acceptors (Lipinski definition) is 5. The van der Waals surface area contributed by atoms with E-state index >= 15 is 0 Å². The van der Waals surface area contributed by atoms with Gasteiger partial charge in [0.1, 0.15) is 0 Å². The molecule has 0 spiro atoms. The summed E-state index contributed by atoms with van der Waals surface area (Å²) >= 11 is 0. The van der Waals surface area contributed by atoms with Crippen molar-refractivity contribution in [2.75, 3.05) is 13.7 Å². The van der Waals surface area contributed by atoms with E-state index in [1.165, 1.54) is 7.11 Å². The summed E-state index contributed by atoms with van der Waals surface area (Å²) in [5, 5.41) is 3.57. The fourth-order valence-corrected chi connectivity index (χ4v) is 1.64. The lowest BCUT2D eigenvalue weighted by Gasteiger charge is -2.05. The van der Waals surface area contributed by atoms with Gasteiger partial charge in [-0.3, -0.25) is 0 Å². The van der Waals surface area contributed by atoms with Crippen LogP contribution in [-0.2, 0) is 11.2 Å². The van der Waals surface area contributed by atoms with E-state index < -0.39 is 17.5 Å². The van der Waals surface area contributed by atoms with E-state index in [1.54, 1.807) is 0 Å². The third-order valence-electron chi connectivity index (χ3n) is 2.53. The zero-order valence-corrected chi connectivity index (χ0v) is 10.6. The smallest absolute Gasteiger partial charge is 0.228 e. The van der Waals surface area contributed by atoms with Crippen LogP contribution in [0.1, 0.15) is 5.89 Å². The van der Waals surface area contributed by atoms with Crippen LogP contribution in [0.2, 0.25) is 0 Å². The van der Waals surface area contributed by atoms with Crippen molar-refractivity contribution in [3.05, 3.63) is 35.5 Å². The maximum atomic E-state index is 13.1. The minimum atomic E-state index is -1.54. The summed E-state index contributed by atoms with van der Waals surface area (Å²) in [6, 6.07) is 1.25. The van der Waals surface area contributed by atoms with E-state index in [9.17, 15) is 13.2 Å². The molecule has 1 aromatic carbocycles. The first kappa shape index (κ1) is 14.5. The lowest BCUT2D eigenvalue weighted by atomic mass is 10.2. The molecule has 5 nitrogen and oxygen atoms in total. The number of hydrogen-bond donors (Lipinski definition) is 1. The fourth-order valence-electron chi connectivity index (χ4n) is 1.64. The van der Waals surface area contributed by atoms with Gasteiger partial charge in [0.25, 0.3) is 0 Å². The van der Waals surface area contributed by atoms with Crippen LogP contribution in [-0.4, -0.2) is 29.9 Å². The van der Waals surface area contributed by atoms with Crippen molar-refractivity contribution >= 4 is 0 Å². The first-order valence-electron chi connectivity index (χ1n) is 5.73. The standard InChI is InChI=1S/C12H12F3N3O2/c1-19-5-7(16)4-10-17-12(18-20-10)6-2-8(13)11(15)9(14)3-6/h2-3,7H,4-5,16H2,1H3. The summed E-state index contributed by atoms with van der Waals surface area (Å²) in [5.41, 5.74) is 5.69. The molecule has 8 heteroatoms. The molecular formula is C12H12F3N3O2. The number of methoxy groups -OCH3 is 1. The molecular weight excluding hydrogens is 275 g/mol. The van der Waals surface area contributed by atoms with Gasteiger partial charge >= 0.3 is 0 Å². The number of ether oxygens (including phenoxy) is 1. The van der Waals surface area contributed by atoms with E-state index in [4.69, 9.17) is 15.0 Å². The van der Waals surface area contributed by atoms with Gasteiger partial charge in [-0.25, -0.2) is 13.2 Å². The van der Waals surface area contributed by atoms with Crippen molar-refractivity contribution in [1.29, 1.82) is 0 Å². The van der Waals surface area contributed by atoms with Gasteiger partial charge in [-0.2, -0.15) is 4.98 Å². The molecule has 1 unspecified atom stereocenters. The van der Waals surface area contributed by atoms with Gasteiger partial charge in [0, 0.05) is 25.1 Å². The zero-order valence-electron chi connectivity index (χ0n) is 10.6. The SMILES string of the molecule is COCC(N)Cc1nc(-c2cc(F)c(F)c(F)c2)no1. The molecule has 0 bridgehead atoms. The van der Waals surface area contributed by atoms with Crippen molar-refractivity contribution in [2.24, 2.45) is 5.73 Å². The van der Waals surface area contributed by atoms with Gasteiger partial charge in [-0.1, -0.05) is 5.16 Å². The molecule has 0 saturated carbocycles. The predicted octanol–water partition coefficient (Wildman–Crippen LogP) is 1.67. The molecule has 2 aromatic rings. The van der Waals surface area contributed by atoms with Crippen LogP contribution >= 0.6 is 0 Å². The number of nitrogens with zero attached hydrogens (tertiary/aromatic N) is 2. The van der Waals surface area contributed by atoms with Crippen LogP contribution in [0, 0.1) is 17.5 Å². The lowest BCUT2D eigenvalue weighted by Crippen LogP contribution is -2.28. The molecule has 0 saturated heterocycles. The second kappa shape index (κ2) is 6.02. The Morgan fingerprint density at radius 2 is 1.95 bits per heavy atom. The number of benzene rings is 1. The number of halogens is 3. The van der Waals surface area contributed by atoms with E-state index in [2.05, 4.69) is 10.1 Å². The molecule has 108 valence electrons. The Labute approximate surface area is 112 Å². The summed E-state index contributed by atoms with van der Waals surface area (Å²) in [6.45, 7) is 0.303. The van der Waals surface area contributed by atoms with Crippen molar-refractivity contribution < 1.29 is 22.4 Å². The Balaban J connectivity index is 2.20. The molecule has 0 fully saturated rings. The molecule has 2 N–H and O–H groups in total. The highest BCUT2D eigenvalue weighted by Crippen LogP contribution is 2.21. The molecule has 0 aliphatic rings. The second-order valence-corrected chi connectivity index (χ2v) is 4.19. The van der Waals surface area contributed by atoms with Gasteiger partial charge in [0.15, 0.2) is 17.5 Å². The molecule has 1 atom stereocenters. The molecule has 0 aliphatic heterocycles. The average molecular weight is 287 g/mol. The Morgan fingerprint density at radius 3 is 2.55 bits per heavy atom. The number of aromatic nitrogens is 2. The van der Waals surface area contributed by atoms with Crippen molar-refractivity contribution in [2.45, 2.75) is 12.5 Å². The topological polar surface area (TPSA) is 74.2 Å². The zero-order chi connectivity index (χ0) is 14.7. The van der Waals surface area contributed by atoms with E-state index in [0.29, 0.717) is 6.61 Å². The highest BCUT2D eigenvalue weighted by molar-refractivity contribution is 5.54. The van der Waals surface area contributed by atoms with Crippen LogP contribution < -0.4 is 5.73 Å². The van der Waals surface area contributed by atoms with Crippen LogP contribution in [0.15, 0.2) is 16.7 Å². The largest absolute Gasteiger partial charge is 0.383 e. The Hall–Kier alpha value is -1.93. The van der Waals surface area contributed by atoms with Gasteiger partial charge in [-0.05, 0) is 12.1 Å². The third kappa shape index (κ3) is 3.14. The maximum absolute atomic E-state index is 13.1. The summed E-state index contributed by atoms with van der Waals surface area (Å²) in [6.07, 6.45) is 0.257. The Kier molecular flexibility index (Phi) is 4.35. The molecule has 0 radical (unpaired) electrons. The lowest BCUT2D eigenvalue weighted by molar-refractivity contribution is 0.176. The average Bonchev–Trinajstić information content (AvgIpc) is 2.84. The first-order valence-corrected chi connectivity index (χ1v) is 5.73. The van der Waals surface area contributed by atoms with Crippen molar-refractivity contribution in [3.8, 4) is 11.4 Å². The van der Waals surface area contributed by atoms with Gasteiger partial charge < -0.3 is 15.0 Å². The molecule has 20 heavy (non-hydrogen) atoms. The summed E-state index contributed by atoms with van der Waals surface area (Å²) in [4.78, 5) is 3.95. The van der Waals surface area contributed by atoms with Crippen LogP contribution in [0.25, 0.3) is 11.4 Å². The van der Waals surface area contributed by atoms with Crippen molar-refractivity contribution in [1.82, 2.24) is 10.1 Å². The highest BCUT2D eigenvalue weighted by atomic mass is 19.2. The molecule has 0 amide bonds. The van der Waals surface area contributed by atoms with Crippen molar-refractivity contribution in [3.63, 3.8) is 0 Å². The Bertz CT molecular complexity index is 580. The predicted molar refractivity (Wildman–Crippen MR) is 63.2 cm³/mol. The second-order valence-electron chi connectivity index (χ2n) is 4.19. The van der Waals surface area contributed by atoms with Crippen LogP contribution in [0.3, 0.4) is 0 Å². The van der Waals surface area contributed by atoms with Gasteiger partial charge in [0.05, 0.1) is 6.61 Å². The fraction of sp³-hybridized carbons (Fsp3) is 0.333. The van der Waals surface area contributed by atoms with E-state index in [0.717, 1.165) is 12.1 Å². The first-order chi connectivity index (χ1) is 9.51. The number of nitrogens with two attached hydrogens (primary N) is 1. The molecule has 1 aromatic heterocycles. The molecule has 0 aliphatic carbocycles. The monoisotopic (exact) mass is 287 g/mol. The minimum absolute atomic E-state index is 0.0169. The van der Waals surface area contributed by atoms with Crippen LogP contribution in [0.4, 0.5) is 13.2 Å². The van der Waals surface area contributed by atoms with Gasteiger partial charge in [0.2, 0.25) is 11.7 Å². The highest BCUT2D eigenvalue weighted by Gasteiger charge is 2.16. The summed E-state index contributed by atoms with van der Waals surface area (Å²) in [5.74, 6) is -4.01. The van der Waals surface area contributed by atoms with Gasteiger partial charge in [-0.15, -0.1) is 0 Å². The van der Waals surface area contributed by atoms with E-state index in [-0.39, 0.29) is 29.7 Å². The normalized spacial score (nSPS) is 12.7. The Morgan fingerprint density at radius 1 is 1.30 bits per heavy atom. The summed E-state index contributed by atoms with van der Waals surface area (Å²) in [7, 11) is 1.50.